The van der Waals surface area contributed by atoms with Gasteiger partial charge in [0, 0.05) is 5.56 Å². The summed E-state index contributed by atoms with van der Waals surface area (Å²) < 4.78 is 5.64. The van der Waals surface area contributed by atoms with Crippen molar-refractivity contribution < 1.29 is 14.0 Å². The summed E-state index contributed by atoms with van der Waals surface area (Å²) in [5.74, 6) is 0.884. The molecule has 0 bridgehead atoms. The van der Waals surface area contributed by atoms with Crippen LogP contribution in [0, 0.1) is 6.92 Å². The van der Waals surface area contributed by atoms with Gasteiger partial charge in [0.15, 0.2) is 0 Å². The van der Waals surface area contributed by atoms with Crippen LogP contribution in [0.2, 0.25) is 0 Å². The molecule has 0 unspecified atom stereocenters. The van der Waals surface area contributed by atoms with E-state index >= 15 is 0 Å². The van der Waals surface area contributed by atoms with E-state index in [1.165, 1.54) is 0 Å². The first-order chi connectivity index (χ1) is 11.7. The second-order valence-electron chi connectivity index (χ2n) is 5.36. The predicted octanol–water partition coefficient (Wildman–Crippen LogP) is 3.44. The van der Waals surface area contributed by atoms with Crippen molar-refractivity contribution in [1.29, 1.82) is 0 Å². The van der Waals surface area contributed by atoms with Crippen LogP contribution in [0.1, 0.15) is 17.0 Å². The molecule has 122 valence electrons. The van der Waals surface area contributed by atoms with Crippen molar-refractivity contribution in [2.75, 3.05) is 0 Å². The van der Waals surface area contributed by atoms with E-state index in [1.54, 1.807) is 6.92 Å². The number of hydroxylamine groups is 1. The summed E-state index contributed by atoms with van der Waals surface area (Å²) in [6, 6.07) is 19.2. The van der Waals surface area contributed by atoms with E-state index in [9.17, 15) is 4.79 Å². The maximum atomic E-state index is 12.0. The molecule has 1 aromatic heterocycles. The van der Waals surface area contributed by atoms with Gasteiger partial charge < -0.3 is 4.42 Å². The van der Waals surface area contributed by atoms with Gasteiger partial charge in [0.25, 0.3) is 0 Å². The number of benzene rings is 2. The number of hydrogen-bond donors (Lipinski definition) is 1. The number of rotatable bonds is 6. The van der Waals surface area contributed by atoms with Crippen LogP contribution in [0.4, 0.5) is 0 Å². The molecule has 0 saturated heterocycles. The van der Waals surface area contributed by atoms with E-state index in [1.807, 2.05) is 60.7 Å². The SMILES string of the molecule is Cc1oc(-c2ccccc2)nc1CC(=O)NOCc1ccccc1. The third kappa shape index (κ3) is 4.08. The van der Waals surface area contributed by atoms with Gasteiger partial charge in [-0.05, 0) is 24.6 Å². The fourth-order valence-corrected chi connectivity index (χ4v) is 2.26. The summed E-state index contributed by atoms with van der Waals surface area (Å²) in [6.07, 6.45) is 0.108. The van der Waals surface area contributed by atoms with Crippen molar-refractivity contribution >= 4 is 5.91 Å². The lowest BCUT2D eigenvalue weighted by atomic mass is 10.2. The fraction of sp³-hybridized carbons (Fsp3) is 0.158. The second kappa shape index (κ2) is 7.57. The molecule has 0 spiro atoms. The first-order valence-corrected chi connectivity index (χ1v) is 7.68. The molecule has 1 N–H and O–H groups in total. The van der Waals surface area contributed by atoms with Crippen LogP contribution in [-0.4, -0.2) is 10.9 Å². The summed E-state index contributed by atoms with van der Waals surface area (Å²) >= 11 is 0. The molecule has 0 aliphatic rings. The topological polar surface area (TPSA) is 64.4 Å². The molecular weight excluding hydrogens is 304 g/mol. The van der Waals surface area contributed by atoms with Crippen molar-refractivity contribution in [3.63, 3.8) is 0 Å². The molecule has 24 heavy (non-hydrogen) atoms. The van der Waals surface area contributed by atoms with Crippen molar-refractivity contribution in [3.05, 3.63) is 77.7 Å². The molecule has 3 aromatic rings. The van der Waals surface area contributed by atoms with Gasteiger partial charge in [-0.2, -0.15) is 0 Å². The number of hydrogen-bond acceptors (Lipinski definition) is 4. The number of carbonyl (C=O) groups excluding carboxylic acids is 1. The molecular formula is C19H18N2O3. The maximum Gasteiger partial charge on any atom is 0.249 e. The van der Waals surface area contributed by atoms with Crippen LogP contribution < -0.4 is 5.48 Å². The lowest BCUT2D eigenvalue weighted by molar-refractivity contribution is -0.133. The highest BCUT2D eigenvalue weighted by Gasteiger charge is 2.14. The van der Waals surface area contributed by atoms with E-state index < -0.39 is 0 Å². The second-order valence-corrected chi connectivity index (χ2v) is 5.36. The minimum Gasteiger partial charge on any atom is -0.441 e. The third-order valence-corrected chi connectivity index (χ3v) is 3.51. The third-order valence-electron chi connectivity index (χ3n) is 3.51. The summed E-state index contributed by atoms with van der Waals surface area (Å²) in [7, 11) is 0. The first-order valence-electron chi connectivity index (χ1n) is 7.68. The van der Waals surface area contributed by atoms with E-state index in [-0.39, 0.29) is 12.3 Å². The minimum atomic E-state index is -0.262. The van der Waals surface area contributed by atoms with E-state index in [0.29, 0.717) is 24.0 Å². The Morgan fingerprint density at radius 1 is 1.08 bits per heavy atom. The maximum absolute atomic E-state index is 12.0. The molecule has 0 aliphatic carbocycles. The van der Waals surface area contributed by atoms with Gasteiger partial charge in [0.1, 0.15) is 5.76 Å². The summed E-state index contributed by atoms with van der Waals surface area (Å²) in [5, 5.41) is 0. The average Bonchev–Trinajstić information content (AvgIpc) is 2.97. The van der Waals surface area contributed by atoms with Crippen LogP contribution >= 0.6 is 0 Å². The predicted molar refractivity (Wildman–Crippen MR) is 89.8 cm³/mol. The molecule has 0 saturated carbocycles. The number of amides is 1. The Morgan fingerprint density at radius 2 is 1.75 bits per heavy atom. The summed E-state index contributed by atoms with van der Waals surface area (Å²) in [6.45, 7) is 2.12. The van der Waals surface area contributed by atoms with Crippen molar-refractivity contribution in [3.8, 4) is 11.5 Å². The molecule has 0 atom stereocenters. The zero-order chi connectivity index (χ0) is 16.8. The average molecular weight is 322 g/mol. The normalized spacial score (nSPS) is 10.5. The molecule has 3 rings (SSSR count). The molecule has 5 nitrogen and oxygen atoms in total. The molecule has 0 fully saturated rings. The quantitative estimate of drug-likeness (QED) is 0.706. The van der Waals surface area contributed by atoms with Gasteiger partial charge in [-0.15, -0.1) is 0 Å². The Morgan fingerprint density at radius 3 is 2.46 bits per heavy atom. The van der Waals surface area contributed by atoms with E-state index in [4.69, 9.17) is 9.25 Å². The number of nitrogens with zero attached hydrogens (tertiary/aromatic N) is 1. The monoisotopic (exact) mass is 322 g/mol. The number of nitrogens with one attached hydrogen (secondary N) is 1. The lowest BCUT2D eigenvalue weighted by Gasteiger charge is -2.05. The van der Waals surface area contributed by atoms with Gasteiger partial charge in [-0.3, -0.25) is 9.63 Å². The van der Waals surface area contributed by atoms with Gasteiger partial charge in [0.2, 0.25) is 11.8 Å². The largest absolute Gasteiger partial charge is 0.441 e. The highest BCUT2D eigenvalue weighted by atomic mass is 16.6. The standard InChI is InChI=1S/C19H18N2O3/c1-14-17(20-19(24-14)16-10-6-3-7-11-16)12-18(22)21-23-13-15-8-4-2-5-9-15/h2-11H,12-13H2,1H3,(H,21,22). The van der Waals surface area contributed by atoms with Crippen LogP contribution in [0.3, 0.4) is 0 Å². The highest BCUT2D eigenvalue weighted by Crippen LogP contribution is 2.21. The van der Waals surface area contributed by atoms with Gasteiger partial charge >= 0.3 is 0 Å². The van der Waals surface area contributed by atoms with Crippen molar-refractivity contribution in [2.24, 2.45) is 0 Å². The molecule has 0 aliphatic heterocycles. The van der Waals surface area contributed by atoms with Crippen LogP contribution in [0.15, 0.2) is 65.1 Å². The Bertz CT molecular complexity index is 798. The molecule has 5 heteroatoms. The van der Waals surface area contributed by atoms with Crippen molar-refractivity contribution in [2.45, 2.75) is 20.0 Å². The first kappa shape index (κ1) is 16.0. The molecule has 1 amide bonds. The zero-order valence-electron chi connectivity index (χ0n) is 13.4. The molecule has 2 aromatic carbocycles. The Hall–Kier alpha value is -2.92. The van der Waals surface area contributed by atoms with Gasteiger partial charge in [0.05, 0.1) is 18.7 Å². The fourth-order valence-electron chi connectivity index (χ4n) is 2.26. The minimum absolute atomic E-state index is 0.108. The van der Waals surface area contributed by atoms with E-state index in [2.05, 4.69) is 10.5 Å². The number of aryl methyl sites for hydroxylation is 1. The van der Waals surface area contributed by atoms with Gasteiger partial charge in [-0.1, -0.05) is 48.5 Å². The Kier molecular flexibility index (Phi) is 5.03. The zero-order valence-corrected chi connectivity index (χ0v) is 13.4. The highest BCUT2D eigenvalue weighted by molar-refractivity contribution is 5.77. The molecule has 1 heterocycles. The number of carbonyl (C=O) groups is 1. The summed E-state index contributed by atoms with van der Waals surface area (Å²) in [5.41, 5.74) is 4.91. The van der Waals surface area contributed by atoms with Crippen LogP contribution in [-0.2, 0) is 22.7 Å². The number of aromatic nitrogens is 1. The Balaban J connectivity index is 1.56. The van der Waals surface area contributed by atoms with E-state index in [0.717, 1.165) is 11.1 Å². The Labute approximate surface area is 140 Å². The smallest absolute Gasteiger partial charge is 0.249 e. The van der Waals surface area contributed by atoms with Crippen molar-refractivity contribution in [1.82, 2.24) is 10.5 Å². The van der Waals surface area contributed by atoms with Gasteiger partial charge in [-0.25, -0.2) is 10.5 Å². The van der Waals surface area contributed by atoms with Crippen LogP contribution in [0.5, 0.6) is 0 Å². The number of oxazole rings is 1. The lowest BCUT2D eigenvalue weighted by Crippen LogP contribution is -2.25. The van der Waals surface area contributed by atoms with Crippen LogP contribution in [0.25, 0.3) is 11.5 Å². The summed E-state index contributed by atoms with van der Waals surface area (Å²) in [4.78, 5) is 21.6. The molecule has 0 radical (unpaired) electrons.